The lowest BCUT2D eigenvalue weighted by Gasteiger charge is -2.24. The summed E-state index contributed by atoms with van der Waals surface area (Å²) in [5.41, 5.74) is 2.10. The lowest BCUT2D eigenvalue weighted by Crippen LogP contribution is -2.27. The summed E-state index contributed by atoms with van der Waals surface area (Å²) in [6.07, 6.45) is -0.201. The number of ether oxygens (including phenoxy) is 2. The first-order valence-corrected chi connectivity index (χ1v) is 7.38. The number of rotatable bonds is 5. The summed E-state index contributed by atoms with van der Waals surface area (Å²) in [5.74, 6) is -0.512. The van der Waals surface area contributed by atoms with Gasteiger partial charge in [0.1, 0.15) is 11.9 Å². The molecule has 2 aromatic rings. The van der Waals surface area contributed by atoms with Crippen molar-refractivity contribution in [3.05, 3.63) is 53.1 Å². The quantitative estimate of drug-likeness (QED) is 0.852. The normalized spacial score (nSPS) is 16.9. The highest BCUT2D eigenvalue weighted by atomic mass is 19.1. The molecule has 0 saturated carbocycles. The fourth-order valence-corrected chi connectivity index (χ4v) is 2.47. The van der Waals surface area contributed by atoms with Crippen LogP contribution in [0.2, 0.25) is 0 Å². The Bertz CT molecular complexity index is 684. The van der Waals surface area contributed by atoms with Crippen molar-refractivity contribution in [2.45, 2.75) is 19.3 Å². The first-order valence-electron chi connectivity index (χ1n) is 7.38. The maximum atomic E-state index is 13.0. The number of benzene rings is 1. The Kier molecular flexibility index (Phi) is 4.68. The number of nitrogens with zero attached hydrogens (tertiary/aromatic N) is 2. The summed E-state index contributed by atoms with van der Waals surface area (Å²) in [6, 6.07) is 7.95. The standard InChI is InChI=1S/C16H18FN3O3/c1-22-7-6-18-16(21)14-8-13-10-23-15(9-20(13)19-14)11-2-4-12(17)5-3-11/h2-5,8,15H,6-7,9-10H2,1H3,(H,18,21). The lowest BCUT2D eigenvalue weighted by atomic mass is 10.1. The van der Waals surface area contributed by atoms with Crippen LogP contribution in [0.15, 0.2) is 30.3 Å². The van der Waals surface area contributed by atoms with Crippen molar-refractivity contribution in [1.82, 2.24) is 15.1 Å². The molecule has 0 radical (unpaired) electrons. The van der Waals surface area contributed by atoms with Crippen molar-refractivity contribution >= 4 is 5.91 Å². The minimum Gasteiger partial charge on any atom is -0.383 e. The number of fused-ring (bicyclic) bond motifs is 1. The minimum atomic E-state index is -0.278. The molecule has 1 unspecified atom stereocenters. The van der Waals surface area contributed by atoms with Gasteiger partial charge in [0.05, 0.1) is 25.5 Å². The van der Waals surface area contributed by atoms with E-state index >= 15 is 0 Å². The van der Waals surface area contributed by atoms with Crippen LogP contribution in [0.5, 0.6) is 0 Å². The third-order valence-corrected chi connectivity index (χ3v) is 3.70. The van der Waals surface area contributed by atoms with Crippen LogP contribution in [0.4, 0.5) is 4.39 Å². The van der Waals surface area contributed by atoms with Crippen molar-refractivity contribution in [2.75, 3.05) is 20.3 Å². The van der Waals surface area contributed by atoms with E-state index in [-0.39, 0.29) is 17.8 Å². The highest BCUT2D eigenvalue weighted by Gasteiger charge is 2.24. The molecule has 1 aromatic heterocycles. The first kappa shape index (κ1) is 15.6. The summed E-state index contributed by atoms with van der Waals surface area (Å²) in [6.45, 7) is 1.74. The van der Waals surface area contributed by atoms with Gasteiger partial charge in [-0.15, -0.1) is 0 Å². The van der Waals surface area contributed by atoms with Gasteiger partial charge in [0.25, 0.3) is 5.91 Å². The Morgan fingerprint density at radius 2 is 2.26 bits per heavy atom. The third kappa shape index (κ3) is 3.57. The molecule has 1 aromatic carbocycles. The van der Waals surface area contributed by atoms with Crippen LogP contribution >= 0.6 is 0 Å². The number of methoxy groups -OCH3 is 1. The van der Waals surface area contributed by atoms with E-state index in [1.807, 2.05) is 0 Å². The van der Waals surface area contributed by atoms with E-state index in [1.165, 1.54) is 12.1 Å². The van der Waals surface area contributed by atoms with E-state index in [0.29, 0.717) is 32.0 Å². The van der Waals surface area contributed by atoms with Gasteiger partial charge in [0.2, 0.25) is 0 Å². The van der Waals surface area contributed by atoms with Crippen molar-refractivity contribution in [1.29, 1.82) is 0 Å². The lowest BCUT2D eigenvalue weighted by molar-refractivity contribution is -0.00123. The SMILES string of the molecule is COCCNC(=O)c1cc2n(n1)CC(c1ccc(F)cc1)OC2. The van der Waals surface area contributed by atoms with Gasteiger partial charge in [0.15, 0.2) is 5.69 Å². The predicted octanol–water partition coefficient (Wildman–Crippen LogP) is 1.67. The summed E-state index contributed by atoms with van der Waals surface area (Å²) in [7, 11) is 1.58. The molecule has 6 nitrogen and oxygen atoms in total. The van der Waals surface area contributed by atoms with Crippen LogP contribution in [0.3, 0.4) is 0 Å². The van der Waals surface area contributed by atoms with Gasteiger partial charge in [0, 0.05) is 13.7 Å². The van der Waals surface area contributed by atoms with Gasteiger partial charge in [-0.25, -0.2) is 4.39 Å². The van der Waals surface area contributed by atoms with Crippen LogP contribution in [0.25, 0.3) is 0 Å². The zero-order valence-corrected chi connectivity index (χ0v) is 12.8. The van der Waals surface area contributed by atoms with Crippen LogP contribution in [0, 0.1) is 5.82 Å². The molecule has 0 fully saturated rings. The summed E-state index contributed by atoms with van der Waals surface area (Å²) < 4.78 is 25.4. The molecular weight excluding hydrogens is 301 g/mol. The zero-order chi connectivity index (χ0) is 16.2. The minimum absolute atomic E-state index is 0.201. The average molecular weight is 319 g/mol. The Hall–Kier alpha value is -2.25. The summed E-state index contributed by atoms with van der Waals surface area (Å²) in [4.78, 5) is 12.0. The number of halogens is 1. The van der Waals surface area contributed by atoms with Gasteiger partial charge in [-0.3, -0.25) is 9.48 Å². The second kappa shape index (κ2) is 6.89. The summed E-state index contributed by atoms with van der Waals surface area (Å²) >= 11 is 0. The molecule has 1 amide bonds. The molecule has 122 valence electrons. The van der Waals surface area contributed by atoms with Gasteiger partial charge < -0.3 is 14.8 Å². The van der Waals surface area contributed by atoms with Crippen LogP contribution in [0.1, 0.15) is 27.8 Å². The largest absolute Gasteiger partial charge is 0.383 e. The van der Waals surface area contributed by atoms with Gasteiger partial charge in [-0.05, 0) is 23.8 Å². The second-order valence-electron chi connectivity index (χ2n) is 5.30. The molecule has 7 heteroatoms. The first-order chi connectivity index (χ1) is 11.2. The number of nitrogens with one attached hydrogen (secondary N) is 1. The smallest absolute Gasteiger partial charge is 0.271 e. The van der Waals surface area contributed by atoms with Gasteiger partial charge in [-0.2, -0.15) is 5.10 Å². The number of aromatic nitrogens is 2. The Labute approximate surface area is 133 Å². The predicted molar refractivity (Wildman–Crippen MR) is 80.4 cm³/mol. The zero-order valence-electron chi connectivity index (χ0n) is 12.8. The second-order valence-corrected chi connectivity index (χ2v) is 5.30. The van der Waals surface area contributed by atoms with Crippen LogP contribution in [-0.2, 0) is 22.6 Å². The monoisotopic (exact) mass is 319 g/mol. The number of hydrogen-bond donors (Lipinski definition) is 1. The molecule has 0 bridgehead atoms. The van der Waals surface area contributed by atoms with Gasteiger partial charge in [-0.1, -0.05) is 12.1 Å². The molecule has 0 saturated heterocycles. The highest BCUT2D eigenvalue weighted by molar-refractivity contribution is 5.92. The summed E-state index contributed by atoms with van der Waals surface area (Å²) in [5, 5.41) is 7.07. The van der Waals surface area contributed by atoms with Crippen LogP contribution < -0.4 is 5.32 Å². The van der Waals surface area contributed by atoms with Crippen molar-refractivity contribution < 1.29 is 18.7 Å². The van der Waals surface area contributed by atoms with E-state index in [9.17, 15) is 9.18 Å². The fourth-order valence-electron chi connectivity index (χ4n) is 2.47. The van der Waals surface area contributed by atoms with Crippen molar-refractivity contribution in [2.24, 2.45) is 0 Å². The van der Waals surface area contributed by atoms with Crippen molar-refractivity contribution in [3.8, 4) is 0 Å². The topological polar surface area (TPSA) is 65.4 Å². The highest BCUT2D eigenvalue weighted by Crippen LogP contribution is 2.26. The molecule has 1 aliphatic rings. The molecule has 0 spiro atoms. The van der Waals surface area contributed by atoms with Gasteiger partial charge >= 0.3 is 0 Å². The average Bonchev–Trinajstić information content (AvgIpc) is 2.99. The van der Waals surface area contributed by atoms with Crippen molar-refractivity contribution in [3.63, 3.8) is 0 Å². The maximum absolute atomic E-state index is 13.0. The van der Waals surface area contributed by atoms with Crippen LogP contribution in [-0.4, -0.2) is 35.9 Å². The Balaban J connectivity index is 1.69. The molecule has 1 aliphatic heterocycles. The Morgan fingerprint density at radius 1 is 1.48 bits per heavy atom. The molecule has 23 heavy (non-hydrogen) atoms. The number of amides is 1. The van der Waals surface area contributed by atoms with E-state index in [0.717, 1.165) is 11.3 Å². The Morgan fingerprint density at radius 3 is 3.00 bits per heavy atom. The third-order valence-electron chi connectivity index (χ3n) is 3.70. The number of carbonyl (C=O) groups is 1. The fraction of sp³-hybridized carbons (Fsp3) is 0.375. The molecule has 1 N–H and O–H groups in total. The number of hydrogen-bond acceptors (Lipinski definition) is 4. The van der Waals surface area contributed by atoms with E-state index < -0.39 is 0 Å². The molecule has 0 aliphatic carbocycles. The van der Waals surface area contributed by atoms with E-state index in [1.54, 1.807) is 30.0 Å². The van der Waals surface area contributed by atoms with E-state index in [2.05, 4.69) is 10.4 Å². The molecule has 1 atom stereocenters. The van der Waals surface area contributed by atoms with E-state index in [4.69, 9.17) is 9.47 Å². The maximum Gasteiger partial charge on any atom is 0.271 e. The molecule has 3 rings (SSSR count). The molecular formula is C16H18FN3O3. The number of carbonyl (C=O) groups excluding carboxylic acids is 1. The molecule has 2 heterocycles.